The molecule has 3 atom stereocenters. The maximum absolute atomic E-state index is 12.2. The molecule has 1 aliphatic heterocycles. The summed E-state index contributed by atoms with van der Waals surface area (Å²) in [5, 5.41) is 2.89. The summed E-state index contributed by atoms with van der Waals surface area (Å²) in [5.74, 6) is -1.42. The van der Waals surface area contributed by atoms with E-state index in [1.807, 2.05) is 0 Å². The minimum atomic E-state index is -0.961. The van der Waals surface area contributed by atoms with Crippen LogP contribution >= 0.6 is 0 Å². The monoisotopic (exact) mass is 321 g/mol. The minimum Gasteiger partial charge on any atom is -0.352 e. The summed E-state index contributed by atoms with van der Waals surface area (Å²) in [7, 11) is 0. The van der Waals surface area contributed by atoms with Gasteiger partial charge in [-0.05, 0) is 18.3 Å². The number of amides is 5. The number of urea groups is 1. The first kappa shape index (κ1) is 17.2. The summed E-state index contributed by atoms with van der Waals surface area (Å²) in [5.41, 5.74) is 0. The predicted octanol–water partition coefficient (Wildman–Crippen LogP) is 0.904. The van der Waals surface area contributed by atoms with Crippen molar-refractivity contribution in [3.63, 3.8) is 0 Å². The predicted molar refractivity (Wildman–Crippen MR) is 83.1 cm³/mol. The van der Waals surface area contributed by atoms with Crippen molar-refractivity contribution in [3.05, 3.63) is 12.7 Å². The number of rotatable bonds is 5. The van der Waals surface area contributed by atoms with Crippen LogP contribution < -0.4 is 5.32 Å². The highest BCUT2D eigenvalue weighted by Gasteiger charge is 2.44. The lowest BCUT2D eigenvalue weighted by molar-refractivity contribution is -0.143. The van der Waals surface area contributed by atoms with Gasteiger partial charge in [-0.15, -0.1) is 6.58 Å². The normalized spacial score (nSPS) is 28.3. The summed E-state index contributed by atoms with van der Waals surface area (Å²) >= 11 is 0. The van der Waals surface area contributed by atoms with Gasteiger partial charge in [0.1, 0.15) is 6.54 Å². The first-order chi connectivity index (χ1) is 10.9. The summed E-state index contributed by atoms with van der Waals surface area (Å²) < 4.78 is 0. The van der Waals surface area contributed by atoms with E-state index in [1.54, 1.807) is 0 Å². The molecule has 1 aliphatic carbocycles. The largest absolute Gasteiger partial charge is 0.352 e. The van der Waals surface area contributed by atoms with E-state index in [4.69, 9.17) is 0 Å². The van der Waals surface area contributed by atoms with E-state index in [9.17, 15) is 19.2 Å². The molecule has 0 aromatic carbocycles. The number of hydrogen-bond donors (Lipinski definition) is 1. The molecule has 1 saturated carbocycles. The second-order valence-electron chi connectivity index (χ2n) is 6.32. The molecule has 2 fully saturated rings. The fourth-order valence-electron chi connectivity index (χ4n) is 3.16. The molecule has 1 saturated heterocycles. The van der Waals surface area contributed by atoms with Gasteiger partial charge in [0.05, 0.1) is 0 Å². The van der Waals surface area contributed by atoms with Crippen molar-refractivity contribution < 1.29 is 19.2 Å². The van der Waals surface area contributed by atoms with Crippen LogP contribution in [0.15, 0.2) is 12.7 Å². The Bertz CT molecular complexity index is 545. The SMILES string of the molecule is C=CCN1C(=O)C(=O)N(CC(=O)N[C@@H]2CCC[C@@H](C)[C@H]2C)C1=O. The van der Waals surface area contributed by atoms with Crippen LogP contribution in [0.3, 0.4) is 0 Å². The van der Waals surface area contributed by atoms with Crippen LogP contribution in [0.1, 0.15) is 33.1 Å². The fraction of sp³-hybridized carbons (Fsp3) is 0.625. The van der Waals surface area contributed by atoms with Gasteiger partial charge in [-0.1, -0.05) is 32.8 Å². The van der Waals surface area contributed by atoms with Gasteiger partial charge in [0, 0.05) is 12.6 Å². The Morgan fingerprint density at radius 2 is 1.87 bits per heavy atom. The van der Waals surface area contributed by atoms with E-state index in [0.29, 0.717) is 16.7 Å². The van der Waals surface area contributed by atoms with Gasteiger partial charge >= 0.3 is 17.8 Å². The van der Waals surface area contributed by atoms with Gasteiger partial charge in [-0.2, -0.15) is 0 Å². The van der Waals surface area contributed by atoms with Crippen molar-refractivity contribution in [2.75, 3.05) is 13.1 Å². The smallest absolute Gasteiger partial charge is 0.335 e. The van der Waals surface area contributed by atoms with Crippen LogP contribution in [0.5, 0.6) is 0 Å². The molecule has 0 unspecified atom stereocenters. The molecule has 5 amide bonds. The molecule has 0 bridgehead atoms. The lowest BCUT2D eigenvalue weighted by Crippen LogP contribution is -2.48. The number of carbonyl (C=O) groups is 4. The Labute approximate surface area is 135 Å². The molecule has 0 spiro atoms. The Balaban J connectivity index is 1.97. The van der Waals surface area contributed by atoms with E-state index in [-0.39, 0.29) is 12.6 Å². The van der Waals surface area contributed by atoms with Crippen LogP contribution in [0.25, 0.3) is 0 Å². The lowest BCUT2D eigenvalue weighted by Gasteiger charge is -2.34. The molecular weight excluding hydrogens is 298 g/mol. The molecule has 0 aromatic heterocycles. The fourth-order valence-corrected chi connectivity index (χ4v) is 3.16. The Hall–Kier alpha value is -2.18. The Morgan fingerprint density at radius 3 is 2.52 bits per heavy atom. The van der Waals surface area contributed by atoms with E-state index in [2.05, 4.69) is 25.7 Å². The topological polar surface area (TPSA) is 86.8 Å². The van der Waals surface area contributed by atoms with Gasteiger partial charge in [0.15, 0.2) is 0 Å². The van der Waals surface area contributed by atoms with Crippen molar-refractivity contribution in [2.45, 2.75) is 39.2 Å². The highest BCUT2D eigenvalue weighted by atomic mass is 16.2. The van der Waals surface area contributed by atoms with Crippen molar-refractivity contribution in [1.82, 2.24) is 15.1 Å². The van der Waals surface area contributed by atoms with Crippen LogP contribution in [0.4, 0.5) is 4.79 Å². The van der Waals surface area contributed by atoms with Crippen LogP contribution in [-0.2, 0) is 14.4 Å². The molecule has 2 aliphatic rings. The second kappa shape index (κ2) is 6.93. The van der Waals surface area contributed by atoms with Crippen LogP contribution in [0, 0.1) is 11.8 Å². The van der Waals surface area contributed by atoms with Gasteiger partial charge in [0.25, 0.3) is 0 Å². The average molecular weight is 321 g/mol. The summed E-state index contributed by atoms with van der Waals surface area (Å²) in [6, 6.07) is -0.723. The zero-order chi connectivity index (χ0) is 17.1. The van der Waals surface area contributed by atoms with Crippen molar-refractivity contribution in [1.29, 1.82) is 0 Å². The van der Waals surface area contributed by atoms with Gasteiger partial charge in [-0.3, -0.25) is 19.3 Å². The third-order valence-corrected chi connectivity index (χ3v) is 4.80. The molecule has 23 heavy (non-hydrogen) atoms. The average Bonchev–Trinajstić information content (AvgIpc) is 2.70. The molecular formula is C16H23N3O4. The van der Waals surface area contributed by atoms with E-state index >= 15 is 0 Å². The van der Waals surface area contributed by atoms with Gasteiger partial charge in [-0.25, -0.2) is 9.69 Å². The Kier molecular flexibility index (Phi) is 5.18. The Morgan fingerprint density at radius 1 is 1.22 bits per heavy atom. The molecule has 1 N–H and O–H groups in total. The van der Waals surface area contributed by atoms with Crippen LogP contribution in [0.2, 0.25) is 0 Å². The van der Waals surface area contributed by atoms with Crippen molar-refractivity contribution in [3.8, 4) is 0 Å². The number of imide groups is 2. The second-order valence-corrected chi connectivity index (χ2v) is 6.32. The first-order valence-electron chi connectivity index (χ1n) is 7.94. The summed E-state index contributed by atoms with van der Waals surface area (Å²) in [6.07, 6.45) is 4.43. The van der Waals surface area contributed by atoms with E-state index in [1.165, 1.54) is 6.08 Å². The van der Waals surface area contributed by atoms with Crippen LogP contribution in [-0.4, -0.2) is 52.7 Å². The quantitative estimate of drug-likeness (QED) is 0.463. The number of nitrogens with zero attached hydrogens (tertiary/aromatic N) is 2. The molecule has 1 heterocycles. The van der Waals surface area contributed by atoms with Gasteiger partial charge < -0.3 is 5.32 Å². The molecule has 2 rings (SSSR count). The first-order valence-corrected chi connectivity index (χ1v) is 7.94. The zero-order valence-electron chi connectivity index (χ0n) is 13.6. The van der Waals surface area contributed by atoms with E-state index < -0.39 is 30.3 Å². The summed E-state index contributed by atoms with van der Waals surface area (Å²) in [4.78, 5) is 49.3. The maximum atomic E-state index is 12.2. The van der Waals surface area contributed by atoms with Crippen molar-refractivity contribution >= 4 is 23.8 Å². The molecule has 0 radical (unpaired) electrons. The third kappa shape index (κ3) is 3.43. The molecule has 7 heteroatoms. The lowest BCUT2D eigenvalue weighted by atomic mass is 9.78. The van der Waals surface area contributed by atoms with E-state index in [0.717, 1.165) is 24.2 Å². The molecule has 0 aromatic rings. The number of nitrogens with one attached hydrogen (secondary N) is 1. The van der Waals surface area contributed by atoms with Gasteiger partial charge in [0.2, 0.25) is 5.91 Å². The standard InChI is InChI=1S/C16H23N3O4/c1-4-8-18-14(21)15(22)19(16(18)23)9-13(20)17-12-7-5-6-10(2)11(12)3/h4,10-12H,1,5-9H2,2-3H3,(H,17,20)/t10-,11-,12-/m1/s1. The highest BCUT2D eigenvalue weighted by molar-refractivity contribution is 6.45. The molecule has 126 valence electrons. The molecule has 7 nitrogen and oxygen atoms in total. The zero-order valence-corrected chi connectivity index (χ0v) is 13.6. The number of carbonyl (C=O) groups excluding carboxylic acids is 4. The number of hydrogen-bond acceptors (Lipinski definition) is 4. The third-order valence-electron chi connectivity index (χ3n) is 4.80. The maximum Gasteiger partial charge on any atom is 0.335 e. The minimum absolute atomic E-state index is 0.0408. The summed E-state index contributed by atoms with van der Waals surface area (Å²) in [6.45, 7) is 7.23. The van der Waals surface area contributed by atoms with Crippen molar-refractivity contribution in [2.24, 2.45) is 11.8 Å². The highest BCUT2D eigenvalue weighted by Crippen LogP contribution is 2.29.